The molecular weight excluding hydrogens is 188 g/mol. The van der Waals surface area contributed by atoms with Crippen LogP contribution in [0.25, 0.3) is 0 Å². The van der Waals surface area contributed by atoms with Gasteiger partial charge in [0.25, 0.3) is 0 Å². The molecule has 0 aliphatic carbocycles. The highest BCUT2D eigenvalue weighted by atomic mass is 16.2. The Morgan fingerprint density at radius 1 is 1.47 bits per heavy atom. The van der Waals surface area contributed by atoms with E-state index in [0.717, 1.165) is 39.0 Å². The van der Waals surface area contributed by atoms with Gasteiger partial charge >= 0.3 is 0 Å². The van der Waals surface area contributed by atoms with Crippen LogP contribution in [-0.2, 0) is 4.79 Å². The summed E-state index contributed by atoms with van der Waals surface area (Å²) in [5.74, 6) is 0.511. The van der Waals surface area contributed by atoms with Gasteiger partial charge in [0.1, 0.15) is 0 Å². The van der Waals surface area contributed by atoms with E-state index < -0.39 is 0 Å². The number of allylic oxidation sites excluding steroid dienone is 2. The molecule has 86 valence electrons. The van der Waals surface area contributed by atoms with E-state index in [1.54, 1.807) is 0 Å². The first kappa shape index (κ1) is 12.2. The molecule has 0 saturated carbocycles. The average molecular weight is 210 g/mol. The molecule has 0 radical (unpaired) electrons. The molecule has 15 heavy (non-hydrogen) atoms. The van der Waals surface area contributed by atoms with Gasteiger partial charge in [-0.25, -0.2) is 0 Å². The summed E-state index contributed by atoms with van der Waals surface area (Å²) in [5.41, 5.74) is 0. The van der Waals surface area contributed by atoms with Gasteiger partial charge < -0.3 is 10.2 Å². The SMILES string of the molecule is CC=CCC(CC)C(=O)N1CCNCC1. The van der Waals surface area contributed by atoms with E-state index in [0.29, 0.717) is 5.91 Å². The number of nitrogens with zero attached hydrogens (tertiary/aromatic N) is 1. The van der Waals surface area contributed by atoms with Crippen LogP contribution in [0.1, 0.15) is 26.7 Å². The molecule has 1 amide bonds. The van der Waals surface area contributed by atoms with Crippen LogP contribution in [-0.4, -0.2) is 37.0 Å². The molecule has 3 nitrogen and oxygen atoms in total. The lowest BCUT2D eigenvalue weighted by Crippen LogP contribution is -2.48. The number of hydrogen-bond donors (Lipinski definition) is 1. The smallest absolute Gasteiger partial charge is 0.226 e. The minimum absolute atomic E-state index is 0.180. The standard InChI is InChI=1S/C12H22N2O/c1-3-5-6-11(4-2)12(15)14-9-7-13-8-10-14/h3,5,11,13H,4,6-10H2,1-2H3. The third-order valence-corrected chi connectivity index (χ3v) is 2.93. The third-order valence-electron chi connectivity index (χ3n) is 2.93. The van der Waals surface area contributed by atoms with Crippen molar-refractivity contribution in [3.05, 3.63) is 12.2 Å². The summed E-state index contributed by atoms with van der Waals surface area (Å²) in [6.07, 6.45) is 5.94. The maximum atomic E-state index is 12.1. The van der Waals surface area contributed by atoms with Gasteiger partial charge in [0, 0.05) is 32.1 Å². The van der Waals surface area contributed by atoms with Crippen LogP contribution in [0.15, 0.2) is 12.2 Å². The Balaban J connectivity index is 2.47. The Morgan fingerprint density at radius 2 is 2.13 bits per heavy atom. The fourth-order valence-corrected chi connectivity index (χ4v) is 1.89. The first-order valence-corrected chi connectivity index (χ1v) is 5.90. The molecular formula is C12H22N2O. The number of nitrogens with one attached hydrogen (secondary N) is 1. The van der Waals surface area contributed by atoms with Gasteiger partial charge in [-0.05, 0) is 19.8 Å². The topological polar surface area (TPSA) is 32.3 Å². The maximum Gasteiger partial charge on any atom is 0.226 e. The van der Waals surface area contributed by atoms with E-state index in [-0.39, 0.29) is 5.92 Å². The predicted molar refractivity (Wildman–Crippen MR) is 62.7 cm³/mol. The van der Waals surface area contributed by atoms with E-state index in [2.05, 4.69) is 18.3 Å². The van der Waals surface area contributed by atoms with Crippen LogP contribution in [0.2, 0.25) is 0 Å². The van der Waals surface area contributed by atoms with E-state index in [1.165, 1.54) is 0 Å². The van der Waals surface area contributed by atoms with Crippen molar-refractivity contribution in [1.29, 1.82) is 0 Å². The number of hydrogen-bond acceptors (Lipinski definition) is 2. The van der Waals surface area contributed by atoms with Gasteiger partial charge in [-0.15, -0.1) is 0 Å². The van der Waals surface area contributed by atoms with Crippen molar-refractivity contribution in [2.45, 2.75) is 26.7 Å². The summed E-state index contributed by atoms with van der Waals surface area (Å²) in [4.78, 5) is 14.1. The second kappa shape index (κ2) is 6.62. The molecule has 1 fully saturated rings. The van der Waals surface area contributed by atoms with Crippen molar-refractivity contribution in [1.82, 2.24) is 10.2 Å². The Kier molecular flexibility index (Phi) is 5.40. The number of piperazine rings is 1. The number of amides is 1. The highest BCUT2D eigenvalue weighted by molar-refractivity contribution is 5.79. The zero-order valence-electron chi connectivity index (χ0n) is 9.83. The molecule has 1 heterocycles. The second-order valence-electron chi connectivity index (χ2n) is 3.99. The molecule has 1 aliphatic rings. The zero-order valence-corrected chi connectivity index (χ0v) is 9.83. The maximum absolute atomic E-state index is 12.1. The summed E-state index contributed by atoms with van der Waals surface area (Å²) < 4.78 is 0. The summed E-state index contributed by atoms with van der Waals surface area (Å²) in [6.45, 7) is 7.70. The third kappa shape index (κ3) is 3.67. The highest BCUT2D eigenvalue weighted by Gasteiger charge is 2.22. The van der Waals surface area contributed by atoms with E-state index >= 15 is 0 Å². The quantitative estimate of drug-likeness (QED) is 0.712. The molecule has 1 N–H and O–H groups in total. The summed E-state index contributed by atoms with van der Waals surface area (Å²) in [5, 5.41) is 3.26. The van der Waals surface area contributed by atoms with Gasteiger partial charge in [-0.3, -0.25) is 4.79 Å². The Hall–Kier alpha value is -0.830. The van der Waals surface area contributed by atoms with E-state index in [1.807, 2.05) is 17.9 Å². The fourth-order valence-electron chi connectivity index (χ4n) is 1.89. The number of rotatable bonds is 4. The Morgan fingerprint density at radius 3 is 2.67 bits per heavy atom. The van der Waals surface area contributed by atoms with Gasteiger partial charge in [0.15, 0.2) is 0 Å². The Labute approximate surface area is 92.5 Å². The second-order valence-corrected chi connectivity index (χ2v) is 3.99. The van der Waals surface area contributed by atoms with Gasteiger partial charge in [0.05, 0.1) is 0 Å². The summed E-state index contributed by atoms with van der Waals surface area (Å²) in [6, 6.07) is 0. The lowest BCUT2D eigenvalue weighted by Gasteiger charge is -2.30. The van der Waals surface area contributed by atoms with Crippen molar-refractivity contribution < 1.29 is 4.79 Å². The minimum atomic E-state index is 0.180. The van der Waals surface area contributed by atoms with Crippen molar-refractivity contribution >= 4 is 5.91 Å². The van der Waals surface area contributed by atoms with Crippen molar-refractivity contribution in [3.8, 4) is 0 Å². The first-order chi connectivity index (χ1) is 7.29. The van der Waals surface area contributed by atoms with Crippen molar-refractivity contribution in [2.75, 3.05) is 26.2 Å². The van der Waals surface area contributed by atoms with Crippen molar-refractivity contribution in [3.63, 3.8) is 0 Å². The first-order valence-electron chi connectivity index (χ1n) is 5.90. The Bertz CT molecular complexity index is 220. The molecule has 1 aliphatic heterocycles. The van der Waals surface area contributed by atoms with Crippen LogP contribution in [0, 0.1) is 5.92 Å². The van der Waals surface area contributed by atoms with E-state index in [4.69, 9.17) is 0 Å². The van der Waals surface area contributed by atoms with Crippen LogP contribution >= 0.6 is 0 Å². The molecule has 0 bridgehead atoms. The summed E-state index contributed by atoms with van der Waals surface area (Å²) >= 11 is 0. The largest absolute Gasteiger partial charge is 0.340 e. The molecule has 0 aromatic carbocycles. The summed E-state index contributed by atoms with van der Waals surface area (Å²) in [7, 11) is 0. The lowest BCUT2D eigenvalue weighted by atomic mass is 10.00. The number of carbonyl (C=O) groups excluding carboxylic acids is 1. The van der Waals surface area contributed by atoms with Gasteiger partial charge in [-0.2, -0.15) is 0 Å². The van der Waals surface area contributed by atoms with Crippen LogP contribution in [0.4, 0.5) is 0 Å². The molecule has 1 rings (SSSR count). The average Bonchev–Trinajstić information content (AvgIpc) is 2.31. The fraction of sp³-hybridized carbons (Fsp3) is 0.750. The monoisotopic (exact) mass is 210 g/mol. The lowest BCUT2D eigenvalue weighted by molar-refractivity contribution is -0.136. The predicted octanol–water partition coefficient (Wildman–Crippen LogP) is 1.41. The van der Waals surface area contributed by atoms with E-state index in [9.17, 15) is 4.79 Å². The molecule has 0 aromatic rings. The van der Waals surface area contributed by atoms with Crippen LogP contribution in [0.3, 0.4) is 0 Å². The molecule has 0 spiro atoms. The molecule has 1 atom stereocenters. The number of carbonyl (C=O) groups is 1. The zero-order chi connectivity index (χ0) is 11.1. The molecule has 3 heteroatoms. The highest BCUT2D eigenvalue weighted by Crippen LogP contribution is 2.13. The normalized spacial score (nSPS) is 19.5. The molecule has 0 aromatic heterocycles. The molecule has 1 unspecified atom stereocenters. The van der Waals surface area contributed by atoms with Crippen molar-refractivity contribution in [2.24, 2.45) is 5.92 Å². The molecule has 1 saturated heterocycles. The van der Waals surface area contributed by atoms with Crippen LogP contribution < -0.4 is 5.32 Å². The minimum Gasteiger partial charge on any atom is -0.340 e. The van der Waals surface area contributed by atoms with Gasteiger partial charge in [-0.1, -0.05) is 19.1 Å². The van der Waals surface area contributed by atoms with Crippen LogP contribution in [0.5, 0.6) is 0 Å². The van der Waals surface area contributed by atoms with Gasteiger partial charge in [0.2, 0.25) is 5.91 Å².